The third kappa shape index (κ3) is 8.80. The van der Waals surface area contributed by atoms with Crippen LogP contribution in [0.2, 0.25) is 0 Å². The second kappa shape index (κ2) is 14.1. The highest BCUT2D eigenvalue weighted by molar-refractivity contribution is 5.72. The van der Waals surface area contributed by atoms with Crippen molar-refractivity contribution in [2.45, 2.75) is 72.6 Å². The molecule has 0 unspecified atom stereocenters. The molecule has 0 bridgehead atoms. The molecule has 0 aliphatic carbocycles. The number of carboxylic acids is 1. The average molecular weight is 624 g/mol. The van der Waals surface area contributed by atoms with Gasteiger partial charge in [-0.25, -0.2) is 14.4 Å². The van der Waals surface area contributed by atoms with Crippen LogP contribution in [0.4, 0.5) is 23.5 Å². The Bertz CT molecular complexity index is 1650. The highest BCUT2D eigenvalue weighted by Crippen LogP contribution is 2.35. The Morgan fingerprint density at radius 3 is 2.29 bits per heavy atom. The number of anilines is 1. The summed E-state index contributed by atoms with van der Waals surface area (Å²) in [7, 11) is 0. The fraction of sp³-hybridized carbons (Fsp3) is 0.343. The van der Waals surface area contributed by atoms with Crippen LogP contribution in [0.3, 0.4) is 0 Å². The van der Waals surface area contributed by atoms with E-state index in [0.717, 1.165) is 39.9 Å². The quantitative estimate of drug-likeness (QED) is 0.126. The molecule has 4 rings (SSSR count). The highest BCUT2D eigenvalue weighted by atomic mass is 19.4. The molecule has 10 heteroatoms. The first-order valence-corrected chi connectivity index (χ1v) is 14.7. The molecule has 1 aromatic heterocycles. The Kier molecular flexibility index (Phi) is 10.5. The number of hydrogen-bond donors (Lipinski definition) is 1. The van der Waals surface area contributed by atoms with Crippen LogP contribution >= 0.6 is 0 Å². The van der Waals surface area contributed by atoms with Crippen molar-refractivity contribution in [2.24, 2.45) is 0 Å². The molecular weight excluding hydrogens is 586 g/mol. The summed E-state index contributed by atoms with van der Waals surface area (Å²) in [6, 6.07) is 13.3. The minimum absolute atomic E-state index is 0.0304. The van der Waals surface area contributed by atoms with Crippen LogP contribution < -0.4 is 9.64 Å². The zero-order chi connectivity index (χ0) is 32.9. The van der Waals surface area contributed by atoms with Crippen molar-refractivity contribution < 1.29 is 32.2 Å². The lowest BCUT2D eigenvalue weighted by Gasteiger charge is -2.26. The Labute approximate surface area is 260 Å². The van der Waals surface area contributed by atoms with Gasteiger partial charge >= 0.3 is 12.1 Å². The summed E-state index contributed by atoms with van der Waals surface area (Å²) in [5.74, 6) is -0.595. The molecule has 0 spiro atoms. The third-order valence-electron chi connectivity index (χ3n) is 7.42. The normalized spacial score (nSPS) is 11.6. The summed E-state index contributed by atoms with van der Waals surface area (Å²) in [6.07, 6.45) is -1.29. The smallest absolute Gasteiger partial charge is 0.416 e. The van der Waals surface area contributed by atoms with E-state index in [1.807, 2.05) is 52.0 Å². The molecule has 1 heterocycles. The molecule has 0 saturated heterocycles. The number of aliphatic carboxylic acids is 1. The summed E-state index contributed by atoms with van der Waals surface area (Å²) < 4.78 is 61.5. The lowest BCUT2D eigenvalue weighted by atomic mass is 9.90. The molecule has 0 aliphatic rings. The molecule has 4 aromatic rings. The van der Waals surface area contributed by atoms with Gasteiger partial charge in [-0.15, -0.1) is 0 Å². The van der Waals surface area contributed by atoms with E-state index >= 15 is 0 Å². The Morgan fingerprint density at radius 1 is 0.933 bits per heavy atom. The predicted octanol–water partition coefficient (Wildman–Crippen LogP) is 8.80. The lowest BCUT2D eigenvalue weighted by Crippen LogP contribution is -2.25. The van der Waals surface area contributed by atoms with Crippen LogP contribution in [0.5, 0.6) is 5.75 Å². The maximum Gasteiger partial charge on any atom is 0.416 e. The standard InChI is InChI=1S/C35H37F4N3O3/c1-21(2)30-16-31(24(5)14-32(30)36)29-9-8-22(3)12-26(29)20-42(19-25-11-23(4)13-27(15-25)35(37,38)39)34-40-17-28(18-41-34)45-10-6-7-33(43)44/h8-9,11-18,21H,6-7,10,19-20H2,1-5H3,(H,43,44). The Morgan fingerprint density at radius 2 is 1.64 bits per heavy atom. The van der Waals surface area contributed by atoms with Gasteiger partial charge in [-0.3, -0.25) is 4.79 Å². The van der Waals surface area contributed by atoms with E-state index in [2.05, 4.69) is 9.97 Å². The molecule has 0 amide bonds. The topological polar surface area (TPSA) is 75.6 Å². The van der Waals surface area contributed by atoms with Crippen molar-refractivity contribution in [2.75, 3.05) is 11.5 Å². The van der Waals surface area contributed by atoms with Gasteiger partial charge in [0.2, 0.25) is 5.95 Å². The fourth-order valence-corrected chi connectivity index (χ4v) is 5.24. The van der Waals surface area contributed by atoms with Crippen molar-refractivity contribution in [3.05, 3.63) is 106 Å². The van der Waals surface area contributed by atoms with Crippen molar-refractivity contribution >= 4 is 11.9 Å². The van der Waals surface area contributed by atoms with Gasteiger partial charge in [-0.05, 0) is 90.8 Å². The summed E-state index contributed by atoms with van der Waals surface area (Å²) in [5, 5.41) is 8.84. The van der Waals surface area contributed by atoms with Gasteiger partial charge in [0.15, 0.2) is 5.75 Å². The van der Waals surface area contributed by atoms with E-state index in [-0.39, 0.29) is 43.8 Å². The summed E-state index contributed by atoms with van der Waals surface area (Å²) in [5.41, 5.74) is 5.16. The molecule has 238 valence electrons. The number of alkyl halides is 3. The number of ether oxygens (including phenoxy) is 1. The minimum atomic E-state index is -4.50. The second-order valence-electron chi connectivity index (χ2n) is 11.6. The molecular formula is C35H37F4N3O3. The fourth-order valence-electron chi connectivity index (χ4n) is 5.24. The molecule has 0 fully saturated rings. The number of carboxylic acid groups (broad SMARTS) is 1. The van der Waals surface area contributed by atoms with Gasteiger partial charge in [0.25, 0.3) is 0 Å². The first-order valence-electron chi connectivity index (χ1n) is 14.7. The number of hydrogen-bond acceptors (Lipinski definition) is 5. The summed E-state index contributed by atoms with van der Waals surface area (Å²) in [6.45, 7) is 9.80. The van der Waals surface area contributed by atoms with Crippen LogP contribution in [-0.2, 0) is 24.1 Å². The predicted molar refractivity (Wildman–Crippen MR) is 166 cm³/mol. The first-order chi connectivity index (χ1) is 21.2. The van der Waals surface area contributed by atoms with E-state index in [4.69, 9.17) is 9.84 Å². The van der Waals surface area contributed by atoms with Crippen LogP contribution in [0.25, 0.3) is 11.1 Å². The van der Waals surface area contributed by atoms with Crippen molar-refractivity contribution in [3.63, 3.8) is 0 Å². The summed E-state index contributed by atoms with van der Waals surface area (Å²) in [4.78, 5) is 21.5. The highest BCUT2D eigenvalue weighted by Gasteiger charge is 2.31. The average Bonchev–Trinajstić information content (AvgIpc) is 2.95. The van der Waals surface area contributed by atoms with E-state index in [9.17, 15) is 22.4 Å². The van der Waals surface area contributed by atoms with Gasteiger partial charge < -0.3 is 14.7 Å². The number of carbonyl (C=O) groups is 1. The molecule has 3 aromatic carbocycles. The van der Waals surface area contributed by atoms with Crippen LogP contribution in [0.1, 0.15) is 71.6 Å². The second-order valence-corrected chi connectivity index (χ2v) is 11.6. The molecule has 1 N–H and O–H groups in total. The molecule has 6 nitrogen and oxygen atoms in total. The number of nitrogens with zero attached hydrogens (tertiary/aromatic N) is 3. The van der Waals surface area contributed by atoms with E-state index in [1.54, 1.807) is 17.9 Å². The molecule has 0 atom stereocenters. The first kappa shape index (κ1) is 33.4. The van der Waals surface area contributed by atoms with Crippen molar-refractivity contribution in [1.29, 1.82) is 0 Å². The number of benzene rings is 3. The van der Waals surface area contributed by atoms with Crippen LogP contribution in [0.15, 0.2) is 60.9 Å². The lowest BCUT2D eigenvalue weighted by molar-refractivity contribution is -0.138. The van der Waals surface area contributed by atoms with Crippen LogP contribution in [-0.4, -0.2) is 27.7 Å². The van der Waals surface area contributed by atoms with E-state index in [0.29, 0.717) is 28.9 Å². The zero-order valence-electron chi connectivity index (χ0n) is 26.0. The van der Waals surface area contributed by atoms with Gasteiger partial charge in [-0.1, -0.05) is 49.2 Å². The van der Waals surface area contributed by atoms with Crippen molar-refractivity contribution in [1.82, 2.24) is 9.97 Å². The largest absolute Gasteiger partial charge is 0.490 e. The van der Waals surface area contributed by atoms with Crippen molar-refractivity contribution in [3.8, 4) is 16.9 Å². The monoisotopic (exact) mass is 623 g/mol. The number of rotatable bonds is 12. The third-order valence-corrected chi connectivity index (χ3v) is 7.42. The Balaban J connectivity index is 1.75. The SMILES string of the molecule is Cc1cc(CN(Cc2cc(C)ccc2-c2cc(C(C)C)c(F)cc2C)c2ncc(OCCCC(=O)O)cn2)cc(C(F)(F)F)c1. The molecule has 0 radical (unpaired) electrons. The van der Waals surface area contributed by atoms with Crippen LogP contribution in [0, 0.1) is 26.6 Å². The molecule has 0 saturated carbocycles. The van der Waals surface area contributed by atoms with Gasteiger partial charge in [0.1, 0.15) is 5.82 Å². The van der Waals surface area contributed by atoms with E-state index < -0.39 is 17.7 Å². The minimum Gasteiger partial charge on any atom is -0.490 e. The van der Waals surface area contributed by atoms with Gasteiger partial charge in [0.05, 0.1) is 24.6 Å². The van der Waals surface area contributed by atoms with Gasteiger partial charge in [-0.2, -0.15) is 13.2 Å². The number of aryl methyl sites for hydroxylation is 3. The van der Waals surface area contributed by atoms with E-state index in [1.165, 1.54) is 18.5 Å². The maximum absolute atomic E-state index is 14.8. The Hall–Kier alpha value is -4.47. The number of aromatic nitrogens is 2. The van der Waals surface area contributed by atoms with Gasteiger partial charge in [0, 0.05) is 19.5 Å². The summed E-state index contributed by atoms with van der Waals surface area (Å²) >= 11 is 0. The number of halogens is 4. The maximum atomic E-state index is 14.8. The molecule has 45 heavy (non-hydrogen) atoms. The zero-order valence-corrected chi connectivity index (χ0v) is 26.0. The molecule has 0 aliphatic heterocycles.